The van der Waals surface area contributed by atoms with Gasteiger partial charge in [-0.05, 0) is 11.1 Å². The van der Waals surface area contributed by atoms with Crippen molar-refractivity contribution in [1.29, 1.82) is 0 Å². The minimum absolute atomic E-state index is 0.0592. The highest BCUT2D eigenvalue weighted by atomic mass is 16.5. The number of carbonyl (C=O) groups excluding carboxylic acids is 1. The molecular formula is C18H23N5O4. The fraction of sp³-hybridized carbons (Fsp3) is 0.500. The molecule has 1 aromatic heterocycles. The number of carboxylic acids is 1. The van der Waals surface area contributed by atoms with Crippen LogP contribution < -0.4 is 0 Å². The Labute approximate surface area is 156 Å². The van der Waals surface area contributed by atoms with E-state index in [1.54, 1.807) is 4.90 Å². The predicted molar refractivity (Wildman–Crippen MR) is 95.7 cm³/mol. The molecule has 3 rings (SSSR count). The third-order valence-corrected chi connectivity index (χ3v) is 4.45. The Hall–Kier alpha value is -2.81. The van der Waals surface area contributed by atoms with Gasteiger partial charge >= 0.3 is 5.97 Å². The van der Waals surface area contributed by atoms with Crippen molar-refractivity contribution in [2.45, 2.75) is 32.4 Å². The lowest BCUT2D eigenvalue weighted by molar-refractivity contribution is -0.150. The summed E-state index contributed by atoms with van der Waals surface area (Å²) < 4.78 is 5.45. The average Bonchev–Trinajstić information content (AvgIpc) is 3.11. The number of ether oxygens (including phenoxy) is 1. The number of morpholine rings is 1. The van der Waals surface area contributed by atoms with E-state index in [4.69, 9.17) is 9.84 Å². The highest BCUT2D eigenvalue weighted by Crippen LogP contribution is 2.22. The van der Waals surface area contributed by atoms with Crippen LogP contribution in [-0.2, 0) is 14.3 Å². The van der Waals surface area contributed by atoms with Crippen LogP contribution in [0.4, 0.5) is 0 Å². The van der Waals surface area contributed by atoms with Crippen LogP contribution in [0.15, 0.2) is 30.3 Å². The molecule has 27 heavy (non-hydrogen) atoms. The zero-order chi connectivity index (χ0) is 19.4. The van der Waals surface area contributed by atoms with E-state index in [2.05, 4.69) is 15.4 Å². The maximum absolute atomic E-state index is 13.1. The van der Waals surface area contributed by atoms with Crippen LogP contribution >= 0.6 is 0 Å². The van der Waals surface area contributed by atoms with Gasteiger partial charge in [0, 0.05) is 18.7 Å². The molecular weight excluding hydrogens is 350 g/mol. The molecule has 144 valence electrons. The topological polar surface area (TPSA) is 110 Å². The molecule has 2 heterocycles. The number of amides is 1. The molecule has 2 aromatic rings. The molecule has 0 bridgehead atoms. The van der Waals surface area contributed by atoms with Gasteiger partial charge in [-0.1, -0.05) is 44.2 Å². The Morgan fingerprint density at radius 2 is 2.04 bits per heavy atom. The van der Waals surface area contributed by atoms with Crippen LogP contribution in [0.1, 0.15) is 26.3 Å². The standard InChI is InChI=1S/C18H23N5O4/c1-12(2)16(18(26)22-8-9-27-14(11-22)10-15(24)25)23-20-17(19-21-23)13-6-4-3-5-7-13/h3-7,12,14,16H,8-11H2,1-2H3,(H,24,25). The van der Waals surface area contributed by atoms with Gasteiger partial charge < -0.3 is 14.7 Å². The van der Waals surface area contributed by atoms with Gasteiger partial charge in [0.25, 0.3) is 0 Å². The molecule has 1 N–H and O–H groups in total. The largest absolute Gasteiger partial charge is 0.481 e. The zero-order valence-electron chi connectivity index (χ0n) is 15.4. The number of hydrogen-bond acceptors (Lipinski definition) is 6. The van der Waals surface area contributed by atoms with Gasteiger partial charge in [-0.15, -0.1) is 10.2 Å². The van der Waals surface area contributed by atoms with Gasteiger partial charge in [0.2, 0.25) is 11.7 Å². The van der Waals surface area contributed by atoms with E-state index in [9.17, 15) is 9.59 Å². The van der Waals surface area contributed by atoms with Crippen LogP contribution in [0, 0.1) is 5.92 Å². The van der Waals surface area contributed by atoms with Gasteiger partial charge in [0.05, 0.1) is 19.1 Å². The summed E-state index contributed by atoms with van der Waals surface area (Å²) in [5.74, 6) is -0.697. The maximum atomic E-state index is 13.1. The van der Waals surface area contributed by atoms with Gasteiger partial charge in [-0.25, -0.2) is 0 Å². The molecule has 1 aliphatic heterocycles. The second kappa shape index (κ2) is 8.26. The highest BCUT2D eigenvalue weighted by molar-refractivity contribution is 5.80. The number of rotatable bonds is 6. The van der Waals surface area contributed by atoms with E-state index in [-0.39, 0.29) is 24.8 Å². The van der Waals surface area contributed by atoms with E-state index in [1.165, 1.54) is 4.80 Å². The molecule has 9 nitrogen and oxygen atoms in total. The Balaban J connectivity index is 1.78. The molecule has 1 aromatic carbocycles. The van der Waals surface area contributed by atoms with Crippen LogP contribution in [0.3, 0.4) is 0 Å². The molecule has 0 spiro atoms. The molecule has 1 saturated heterocycles. The fourth-order valence-electron chi connectivity index (χ4n) is 3.12. The van der Waals surface area contributed by atoms with Crippen molar-refractivity contribution in [3.05, 3.63) is 30.3 Å². The summed E-state index contributed by atoms with van der Waals surface area (Å²) in [7, 11) is 0. The summed E-state index contributed by atoms with van der Waals surface area (Å²) in [4.78, 5) is 27.0. The van der Waals surface area contributed by atoms with E-state index in [0.29, 0.717) is 19.0 Å². The SMILES string of the molecule is CC(C)C(C(=O)N1CCOC(CC(=O)O)C1)n1nnc(-c2ccccc2)n1. The van der Waals surface area contributed by atoms with Crippen LogP contribution in [0.25, 0.3) is 11.4 Å². The predicted octanol–water partition coefficient (Wildman–Crippen LogP) is 1.24. The maximum Gasteiger partial charge on any atom is 0.306 e. The average molecular weight is 373 g/mol. The quantitative estimate of drug-likeness (QED) is 0.811. The normalized spacial score (nSPS) is 18.5. The highest BCUT2D eigenvalue weighted by Gasteiger charge is 2.34. The summed E-state index contributed by atoms with van der Waals surface area (Å²) in [6.07, 6.45) is -0.632. The molecule has 0 saturated carbocycles. The Morgan fingerprint density at radius 3 is 2.70 bits per heavy atom. The lowest BCUT2D eigenvalue weighted by Gasteiger charge is -2.35. The van der Waals surface area contributed by atoms with Crippen molar-refractivity contribution in [1.82, 2.24) is 25.1 Å². The number of benzene rings is 1. The van der Waals surface area contributed by atoms with Gasteiger partial charge in [-0.3, -0.25) is 9.59 Å². The Bertz CT molecular complexity index is 792. The summed E-state index contributed by atoms with van der Waals surface area (Å²) in [6, 6.07) is 8.83. The number of nitrogens with zero attached hydrogens (tertiary/aromatic N) is 5. The number of aromatic nitrogens is 4. The first kappa shape index (κ1) is 19.0. The molecule has 2 unspecified atom stereocenters. The smallest absolute Gasteiger partial charge is 0.306 e. The molecule has 0 radical (unpaired) electrons. The Kier molecular flexibility index (Phi) is 5.80. The zero-order valence-corrected chi connectivity index (χ0v) is 15.4. The van der Waals surface area contributed by atoms with Crippen LogP contribution in [-0.4, -0.2) is 67.9 Å². The van der Waals surface area contributed by atoms with Crippen molar-refractivity contribution in [2.24, 2.45) is 5.92 Å². The second-order valence-electron chi connectivity index (χ2n) is 6.86. The summed E-state index contributed by atoms with van der Waals surface area (Å²) in [6.45, 7) is 4.81. The molecule has 2 atom stereocenters. The lowest BCUT2D eigenvalue weighted by Crippen LogP contribution is -2.49. The Morgan fingerprint density at radius 1 is 1.30 bits per heavy atom. The number of carbonyl (C=O) groups is 2. The van der Waals surface area contributed by atoms with Crippen LogP contribution in [0.2, 0.25) is 0 Å². The van der Waals surface area contributed by atoms with E-state index >= 15 is 0 Å². The monoisotopic (exact) mass is 373 g/mol. The molecule has 9 heteroatoms. The summed E-state index contributed by atoms with van der Waals surface area (Å²) in [5, 5.41) is 21.5. The van der Waals surface area contributed by atoms with Gasteiger partial charge in [0.15, 0.2) is 6.04 Å². The van der Waals surface area contributed by atoms with Crippen molar-refractivity contribution < 1.29 is 19.4 Å². The molecule has 0 aliphatic carbocycles. The third-order valence-electron chi connectivity index (χ3n) is 4.45. The number of carboxylic acid groups (broad SMARTS) is 1. The minimum atomic E-state index is -0.944. The van der Waals surface area contributed by atoms with E-state index in [1.807, 2.05) is 44.2 Å². The lowest BCUT2D eigenvalue weighted by atomic mass is 10.0. The first-order valence-corrected chi connectivity index (χ1v) is 8.93. The first-order valence-electron chi connectivity index (χ1n) is 8.93. The molecule has 1 aliphatic rings. The summed E-state index contributed by atoms with van der Waals surface area (Å²) >= 11 is 0. The van der Waals surface area contributed by atoms with Crippen molar-refractivity contribution in [3.8, 4) is 11.4 Å². The van der Waals surface area contributed by atoms with E-state index < -0.39 is 18.1 Å². The third kappa shape index (κ3) is 4.48. The number of tetrazole rings is 1. The minimum Gasteiger partial charge on any atom is -0.481 e. The van der Waals surface area contributed by atoms with E-state index in [0.717, 1.165) is 5.56 Å². The molecule has 1 amide bonds. The van der Waals surface area contributed by atoms with Crippen molar-refractivity contribution in [2.75, 3.05) is 19.7 Å². The van der Waals surface area contributed by atoms with Gasteiger partial charge in [0.1, 0.15) is 0 Å². The molecule has 1 fully saturated rings. The summed E-state index contributed by atoms with van der Waals surface area (Å²) in [5.41, 5.74) is 0.826. The number of aliphatic carboxylic acids is 1. The van der Waals surface area contributed by atoms with Crippen molar-refractivity contribution in [3.63, 3.8) is 0 Å². The van der Waals surface area contributed by atoms with Crippen LogP contribution in [0.5, 0.6) is 0 Å². The fourth-order valence-corrected chi connectivity index (χ4v) is 3.12. The van der Waals surface area contributed by atoms with Gasteiger partial charge in [-0.2, -0.15) is 4.80 Å². The second-order valence-corrected chi connectivity index (χ2v) is 6.86. The first-order chi connectivity index (χ1) is 13.0. The van der Waals surface area contributed by atoms with Crippen molar-refractivity contribution >= 4 is 11.9 Å². The number of hydrogen-bond donors (Lipinski definition) is 1.